The summed E-state index contributed by atoms with van der Waals surface area (Å²) >= 11 is 0. The Kier molecular flexibility index (Phi) is 11.1. The molecule has 47 heavy (non-hydrogen) atoms. The van der Waals surface area contributed by atoms with Gasteiger partial charge in [-0.05, 0) is 58.0 Å². The Morgan fingerprint density at radius 1 is 0.979 bits per heavy atom. The molecule has 13 heteroatoms. The molecule has 0 bridgehead atoms. The van der Waals surface area contributed by atoms with Crippen LogP contribution in [0.1, 0.15) is 49.1 Å². The summed E-state index contributed by atoms with van der Waals surface area (Å²) in [7, 11) is -0.0713. The lowest BCUT2D eigenvalue weighted by molar-refractivity contribution is -0.192. The fourth-order valence-corrected chi connectivity index (χ4v) is 6.10. The van der Waals surface area contributed by atoms with Crippen LogP contribution in [0.15, 0.2) is 95.9 Å². The highest BCUT2D eigenvalue weighted by atomic mass is 31.1. The van der Waals surface area contributed by atoms with E-state index in [1.807, 2.05) is 85.8 Å². The summed E-state index contributed by atoms with van der Waals surface area (Å²) in [6, 6.07) is 26.1. The molecule has 3 aromatic carbocycles. The number of carbonyl (C=O) groups is 1. The van der Waals surface area contributed by atoms with Crippen LogP contribution >= 0.6 is 8.25 Å². The molecular weight excluding hydrogens is 625 g/mol. The summed E-state index contributed by atoms with van der Waals surface area (Å²) in [6.07, 6.45) is -0.347. The third-order valence-electron chi connectivity index (χ3n) is 7.92. The van der Waals surface area contributed by atoms with Crippen LogP contribution in [0.5, 0.6) is 11.5 Å². The number of carbonyl (C=O) groups excluding carboxylic acids is 1. The fraction of sp³-hybridized carbons (Fsp3) is 0.324. The summed E-state index contributed by atoms with van der Waals surface area (Å²) in [4.78, 5) is 40.7. The monoisotopic (exact) mass is 661 g/mol. The molecule has 246 valence electrons. The van der Waals surface area contributed by atoms with Crippen LogP contribution in [0, 0.1) is 0 Å². The van der Waals surface area contributed by atoms with Crippen molar-refractivity contribution in [3.63, 3.8) is 0 Å². The van der Waals surface area contributed by atoms with Crippen molar-refractivity contribution in [1.82, 2.24) is 9.55 Å². The van der Waals surface area contributed by atoms with Gasteiger partial charge in [0, 0.05) is 19.0 Å². The zero-order valence-electron chi connectivity index (χ0n) is 26.2. The van der Waals surface area contributed by atoms with E-state index in [0.29, 0.717) is 24.3 Å². The van der Waals surface area contributed by atoms with Crippen molar-refractivity contribution in [2.24, 2.45) is 0 Å². The molecule has 1 aromatic heterocycles. The van der Waals surface area contributed by atoms with Gasteiger partial charge in [-0.25, -0.2) is 4.79 Å². The first-order valence-corrected chi connectivity index (χ1v) is 16.2. The number of nitrogens with zero attached hydrogens (tertiary/aromatic N) is 2. The molecule has 1 amide bonds. The molecule has 0 radical (unpaired) electrons. The van der Waals surface area contributed by atoms with Gasteiger partial charge >= 0.3 is 13.9 Å². The van der Waals surface area contributed by atoms with Gasteiger partial charge in [-0.1, -0.05) is 61.5 Å². The number of amides is 1. The number of hydrogen-bond acceptors (Lipinski definition) is 10. The van der Waals surface area contributed by atoms with E-state index in [-0.39, 0.29) is 24.8 Å². The average molecular weight is 662 g/mol. The molecule has 12 nitrogen and oxygen atoms in total. The second-order valence-electron chi connectivity index (χ2n) is 10.8. The number of methoxy groups -OCH3 is 2. The Bertz CT molecular complexity index is 1670. The van der Waals surface area contributed by atoms with E-state index in [0.717, 1.165) is 16.7 Å². The van der Waals surface area contributed by atoms with Crippen LogP contribution in [0.3, 0.4) is 0 Å². The maximum Gasteiger partial charge on any atom is 0.488 e. The fourth-order valence-electron chi connectivity index (χ4n) is 5.66. The molecule has 1 N–H and O–H groups in total. The Balaban J connectivity index is 1.50. The zero-order chi connectivity index (χ0) is 33.4. The van der Waals surface area contributed by atoms with Gasteiger partial charge < -0.3 is 29.2 Å². The third kappa shape index (κ3) is 7.75. The Hall–Kier alpha value is -4.45. The summed E-state index contributed by atoms with van der Waals surface area (Å²) in [5, 5.41) is 2.60. The lowest BCUT2D eigenvalue weighted by atomic mass is 9.80. The van der Waals surface area contributed by atoms with Crippen molar-refractivity contribution in [2.75, 3.05) is 26.1 Å². The molecular formula is C34H36N3O9P. The van der Waals surface area contributed by atoms with E-state index >= 15 is 0 Å². The van der Waals surface area contributed by atoms with Gasteiger partial charge in [-0.3, -0.25) is 9.36 Å². The highest BCUT2D eigenvalue weighted by molar-refractivity contribution is 7.30. The van der Waals surface area contributed by atoms with E-state index in [2.05, 4.69) is 10.3 Å². The number of hydrogen-bond donors (Lipinski definition) is 1. The van der Waals surface area contributed by atoms with Gasteiger partial charge in [0.1, 0.15) is 41.4 Å². The van der Waals surface area contributed by atoms with E-state index in [9.17, 15) is 19.0 Å². The molecule has 2 heterocycles. The van der Waals surface area contributed by atoms with Crippen molar-refractivity contribution in [3.05, 3.63) is 118 Å². The van der Waals surface area contributed by atoms with Gasteiger partial charge in [-0.2, -0.15) is 4.98 Å². The van der Waals surface area contributed by atoms with Crippen LogP contribution in [-0.2, 0) is 29.0 Å². The first-order chi connectivity index (χ1) is 22.8. The molecule has 1 saturated heterocycles. The van der Waals surface area contributed by atoms with Crippen LogP contribution in [-0.4, -0.2) is 48.5 Å². The molecule has 1 aliphatic heterocycles. The number of rotatable bonds is 14. The summed E-state index contributed by atoms with van der Waals surface area (Å²) in [5.74, 6) is 1.18. The predicted octanol–water partition coefficient (Wildman–Crippen LogP) is 4.70. The van der Waals surface area contributed by atoms with Gasteiger partial charge in [-0.15, -0.1) is 4.52 Å². The number of anilines is 1. The first-order valence-electron chi connectivity index (χ1n) is 15.1. The van der Waals surface area contributed by atoms with Gasteiger partial charge in [0.2, 0.25) is 5.91 Å². The largest absolute Gasteiger partial charge is 0.566 e. The smallest absolute Gasteiger partial charge is 0.488 e. The summed E-state index contributed by atoms with van der Waals surface area (Å²) in [6.45, 7) is 1.75. The third-order valence-corrected chi connectivity index (χ3v) is 8.37. The SMILES string of the molecule is CCCC(=O)Nc1ccn([C@H]2C[C@H](O[P+](=O)[O-])[C@@H](COC(c3ccccc3)(c3ccc(OC)cc3)c3ccc(OC)cc3)O2)c(=O)n1. The van der Waals surface area contributed by atoms with Crippen molar-refractivity contribution < 1.29 is 37.7 Å². The lowest BCUT2D eigenvalue weighted by Gasteiger charge is -2.37. The minimum atomic E-state index is -3.25. The molecule has 0 spiro atoms. The Morgan fingerprint density at radius 2 is 1.57 bits per heavy atom. The maximum absolute atomic E-state index is 13.0. The predicted molar refractivity (Wildman–Crippen MR) is 171 cm³/mol. The van der Waals surface area contributed by atoms with Crippen molar-refractivity contribution in [1.29, 1.82) is 0 Å². The van der Waals surface area contributed by atoms with Crippen molar-refractivity contribution in [3.8, 4) is 11.5 Å². The quantitative estimate of drug-likeness (QED) is 0.149. The van der Waals surface area contributed by atoms with Crippen LogP contribution in [0.25, 0.3) is 0 Å². The van der Waals surface area contributed by atoms with E-state index in [1.165, 1.54) is 16.8 Å². The molecule has 1 fully saturated rings. The number of nitrogens with one attached hydrogen (secondary N) is 1. The minimum Gasteiger partial charge on any atom is -0.566 e. The normalized spacial score (nSPS) is 18.0. The van der Waals surface area contributed by atoms with E-state index < -0.39 is 38.0 Å². The second kappa shape index (κ2) is 15.4. The van der Waals surface area contributed by atoms with Crippen molar-refractivity contribution >= 4 is 20.0 Å². The first kappa shape index (κ1) is 33.9. The van der Waals surface area contributed by atoms with Crippen LogP contribution in [0.4, 0.5) is 5.82 Å². The summed E-state index contributed by atoms with van der Waals surface area (Å²) in [5.41, 5.74) is 0.488. The Labute approximate surface area is 273 Å². The molecule has 1 unspecified atom stereocenters. The molecule has 0 aliphatic carbocycles. The van der Waals surface area contributed by atoms with Gasteiger partial charge in [0.05, 0.1) is 20.8 Å². The molecule has 1 aliphatic rings. The summed E-state index contributed by atoms with van der Waals surface area (Å²) < 4.78 is 42.3. The highest BCUT2D eigenvalue weighted by Crippen LogP contribution is 2.43. The van der Waals surface area contributed by atoms with Gasteiger partial charge in [0.25, 0.3) is 0 Å². The number of aromatic nitrogens is 2. The van der Waals surface area contributed by atoms with E-state index in [4.69, 9.17) is 23.5 Å². The van der Waals surface area contributed by atoms with Crippen molar-refractivity contribution in [2.45, 2.75) is 50.2 Å². The zero-order valence-corrected chi connectivity index (χ0v) is 27.1. The lowest BCUT2D eigenvalue weighted by Crippen LogP contribution is -2.38. The molecule has 4 aromatic rings. The topological polar surface area (TPSA) is 150 Å². The van der Waals surface area contributed by atoms with Gasteiger partial charge in [0.15, 0.2) is 0 Å². The minimum absolute atomic E-state index is 0.0316. The maximum atomic E-state index is 13.0. The second-order valence-corrected chi connectivity index (χ2v) is 11.5. The molecule has 5 rings (SSSR count). The molecule has 4 atom stereocenters. The van der Waals surface area contributed by atoms with Crippen LogP contribution < -0.4 is 25.4 Å². The highest BCUT2D eigenvalue weighted by Gasteiger charge is 2.45. The average Bonchev–Trinajstić information content (AvgIpc) is 3.47. The van der Waals surface area contributed by atoms with E-state index in [1.54, 1.807) is 14.2 Å². The molecule has 0 saturated carbocycles. The van der Waals surface area contributed by atoms with Crippen LogP contribution in [0.2, 0.25) is 0 Å². The number of ether oxygens (including phenoxy) is 4. The number of benzene rings is 3. The standard InChI is InChI=1S/C34H36N3O9P/c1-4-8-31(38)35-30-19-20-37(33(39)36-30)32-21-28(46-47(40)41)29(45-32)22-44-34(23-9-6-5-7-10-23,24-11-15-26(42-2)16-12-24)25-13-17-27(43-3)18-14-25/h5-7,9-20,28-29,32H,4,8,21-22H2,1-3H3,(H,35,36,38,39)/t28-,29+,32+/m0/s1. The Morgan fingerprint density at radius 3 is 2.11 bits per heavy atom.